The second-order valence-corrected chi connectivity index (χ2v) is 17.6. The zero-order valence-corrected chi connectivity index (χ0v) is 34.2. The normalized spacial score (nSPS) is 15.9. The molecular formula is C60H41N. The van der Waals surface area contributed by atoms with Crippen molar-refractivity contribution in [3.05, 3.63) is 246 Å². The Labute approximate surface area is 356 Å². The van der Waals surface area contributed by atoms with Crippen molar-refractivity contribution in [1.29, 1.82) is 0 Å². The van der Waals surface area contributed by atoms with E-state index in [2.05, 4.69) is 231 Å². The maximum Gasteiger partial charge on any atom is 0.0726 e. The highest BCUT2D eigenvalue weighted by Gasteiger charge is 2.49. The van der Waals surface area contributed by atoms with E-state index in [0.717, 1.165) is 17.1 Å². The molecule has 1 spiro atoms. The average molecular weight is 776 g/mol. The van der Waals surface area contributed by atoms with Gasteiger partial charge in [-0.1, -0.05) is 190 Å². The summed E-state index contributed by atoms with van der Waals surface area (Å²) in [5.74, 6) is 0. The van der Waals surface area contributed by atoms with Crippen LogP contribution in [0.4, 0.5) is 17.1 Å². The minimum Gasteiger partial charge on any atom is -0.310 e. The Kier molecular flexibility index (Phi) is 7.06. The summed E-state index contributed by atoms with van der Waals surface area (Å²) in [4.78, 5) is 2.48. The predicted octanol–water partition coefficient (Wildman–Crippen LogP) is 15.8. The highest BCUT2D eigenvalue weighted by Crippen LogP contribution is 2.62. The van der Waals surface area contributed by atoms with Crippen LogP contribution in [0.5, 0.6) is 0 Å². The Morgan fingerprint density at radius 3 is 1.56 bits per heavy atom. The number of anilines is 3. The highest BCUT2D eigenvalue weighted by molar-refractivity contribution is 6.14. The number of rotatable bonds is 4. The van der Waals surface area contributed by atoms with Gasteiger partial charge in [-0.3, -0.25) is 0 Å². The first-order valence-corrected chi connectivity index (χ1v) is 21.5. The van der Waals surface area contributed by atoms with Crippen molar-refractivity contribution in [3.8, 4) is 44.5 Å². The fourth-order valence-corrected chi connectivity index (χ4v) is 11.7. The summed E-state index contributed by atoms with van der Waals surface area (Å²) >= 11 is 0. The van der Waals surface area contributed by atoms with Crippen molar-refractivity contribution < 1.29 is 0 Å². The van der Waals surface area contributed by atoms with Gasteiger partial charge >= 0.3 is 0 Å². The van der Waals surface area contributed by atoms with Crippen LogP contribution in [0.3, 0.4) is 0 Å². The van der Waals surface area contributed by atoms with E-state index in [4.69, 9.17) is 0 Å². The van der Waals surface area contributed by atoms with Crippen LogP contribution in [0.25, 0.3) is 66.1 Å². The number of nitrogens with zero attached hydrogens (tertiary/aromatic N) is 1. The SMILES string of the molecule is CC1(C)c2ccccc2-c2ccc(N(c3ccccc3)c3ccc4c(c3)C3(c5ccccc5-c5ccc(-c6ccccc6)c6cccc3c56)c3cccc5cccc-4c35)cc21. The summed E-state index contributed by atoms with van der Waals surface area (Å²) < 4.78 is 0. The molecule has 13 rings (SSSR count). The largest absolute Gasteiger partial charge is 0.310 e. The molecule has 1 unspecified atom stereocenters. The molecule has 0 N–H and O–H groups in total. The summed E-state index contributed by atoms with van der Waals surface area (Å²) in [6.45, 7) is 4.74. The molecule has 286 valence electrons. The first-order chi connectivity index (χ1) is 30.0. The van der Waals surface area contributed by atoms with Crippen LogP contribution in [0.15, 0.2) is 212 Å². The van der Waals surface area contributed by atoms with Crippen molar-refractivity contribution in [2.75, 3.05) is 4.90 Å². The molecule has 1 heteroatoms. The molecule has 0 bridgehead atoms. The van der Waals surface area contributed by atoms with Gasteiger partial charge in [0.2, 0.25) is 0 Å². The van der Waals surface area contributed by atoms with E-state index >= 15 is 0 Å². The third kappa shape index (κ3) is 4.56. The maximum atomic E-state index is 2.53. The summed E-state index contributed by atoms with van der Waals surface area (Å²) in [7, 11) is 0. The zero-order chi connectivity index (χ0) is 40.5. The monoisotopic (exact) mass is 775 g/mol. The Bertz CT molecular complexity index is 3440. The van der Waals surface area contributed by atoms with Gasteiger partial charge in [0.25, 0.3) is 0 Å². The lowest BCUT2D eigenvalue weighted by Crippen LogP contribution is -2.36. The molecule has 3 aliphatic carbocycles. The van der Waals surface area contributed by atoms with Gasteiger partial charge in [0.05, 0.1) is 5.41 Å². The van der Waals surface area contributed by atoms with Crippen LogP contribution >= 0.6 is 0 Å². The van der Waals surface area contributed by atoms with Crippen LogP contribution in [0.2, 0.25) is 0 Å². The van der Waals surface area contributed by atoms with Gasteiger partial charge in [0.15, 0.2) is 0 Å². The van der Waals surface area contributed by atoms with Crippen molar-refractivity contribution in [2.24, 2.45) is 0 Å². The summed E-state index contributed by atoms with van der Waals surface area (Å²) in [6, 6.07) is 80.0. The second-order valence-electron chi connectivity index (χ2n) is 17.6. The Morgan fingerprint density at radius 1 is 0.311 bits per heavy atom. The number of para-hydroxylation sites is 1. The van der Waals surface area contributed by atoms with Crippen molar-refractivity contribution in [1.82, 2.24) is 0 Å². The van der Waals surface area contributed by atoms with Crippen molar-refractivity contribution in [3.63, 3.8) is 0 Å². The molecular weight excluding hydrogens is 735 g/mol. The molecule has 1 atom stereocenters. The van der Waals surface area contributed by atoms with Gasteiger partial charge in [-0.2, -0.15) is 0 Å². The molecule has 0 saturated carbocycles. The number of hydrogen-bond acceptors (Lipinski definition) is 1. The molecule has 1 nitrogen and oxygen atoms in total. The average Bonchev–Trinajstić information content (AvgIpc) is 3.55. The van der Waals surface area contributed by atoms with E-state index in [9.17, 15) is 0 Å². The van der Waals surface area contributed by atoms with Gasteiger partial charge in [0, 0.05) is 22.5 Å². The number of benzene rings is 10. The van der Waals surface area contributed by atoms with Gasteiger partial charge in [-0.15, -0.1) is 0 Å². The maximum absolute atomic E-state index is 2.53. The molecule has 0 fully saturated rings. The predicted molar refractivity (Wildman–Crippen MR) is 255 cm³/mol. The minimum absolute atomic E-state index is 0.122. The fraction of sp³-hybridized carbons (Fsp3) is 0.0667. The number of fused-ring (bicyclic) bond motifs is 11. The van der Waals surface area contributed by atoms with E-state index in [1.807, 2.05) is 0 Å². The van der Waals surface area contributed by atoms with E-state index in [0.29, 0.717) is 0 Å². The minimum atomic E-state index is -0.610. The molecule has 3 aliphatic rings. The standard InChI is InChI=1S/C60H41N/c1-59(2)51-26-11-9-22-44(51)46-32-30-41(36-55(46)59)61(40-20-7-4-8-21-40)42-31-33-47-49-24-13-18-39-19-14-28-53(57(39)49)60(56(47)37-42)52-27-12-10-23-45(52)50-35-34-43(38-16-5-3-6-17-38)48-25-15-29-54(60)58(48)50/h3-37H,1-2H3. The van der Waals surface area contributed by atoms with Gasteiger partial charge in [-0.25, -0.2) is 0 Å². The fourth-order valence-electron chi connectivity index (χ4n) is 11.7. The van der Waals surface area contributed by atoms with E-state index < -0.39 is 5.41 Å². The van der Waals surface area contributed by atoms with Crippen LogP contribution in [-0.4, -0.2) is 0 Å². The van der Waals surface area contributed by atoms with E-state index in [1.165, 1.54) is 99.4 Å². The molecule has 0 saturated heterocycles. The zero-order valence-electron chi connectivity index (χ0n) is 34.2. The summed E-state index contributed by atoms with van der Waals surface area (Å²) in [5, 5.41) is 5.22. The van der Waals surface area contributed by atoms with Crippen LogP contribution < -0.4 is 4.90 Å². The third-order valence-electron chi connectivity index (χ3n) is 14.3. The molecule has 0 aliphatic heterocycles. The lowest BCUT2D eigenvalue weighted by molar-refractivity contribution is 0.660. The Morgan fingerprint density at radius 2 is 0.803 bits per heavy atom. The molecule has 0 amide bonds. The van der Waals surface area contributed by atoms with Crippen LogP contribution in [0.1, 0.15) is 47.2 Å². The summed E-state index contributed by atoms with van der Waals surface area (Å²) in [6.07, 6.45) is 0. The smallest absolute Gasteiger partial charge is 0.0726 e. The Hall–Kier alpha value is -7.48. The molecule has 61 heavy (non-hydrogen) atoms. The van der Waals surface area contributed by atoms with Gasteiger partial charge in [-0.05, 0) is 136 Å². The summed E-state index contributed by atoms with van der Waals surface area (Å²) in [5.41, 5.74) is 21.1. The molecule has 0 radical (unpaired) electrons. The van der Waals surface area contributed by atoms with Crippen LogP contribution in [0, 0.1) is 0 Å². The highest BCUT2D eigenvalue weighted by atomic mass is 15.1. The molecule has 10 aromatic carbocycles. The van der Waals surface area contributed by atoms with Gasteiger partial charge < -0.3 is 4.90 Å². The first-order valence-electron chi connectivity index (χ1n) is 21.5. The Balaban J connectivity index is 1.14. The third-order valence-corrected chi connectivity index (χ3v) is 14.3. The van der Waals surface area contributed by atoms with Crippen molar-refractivity contribution >= 4 is 38.6 Å². The second kappa shape index (κ2) is 12.5. The van der Waals surface area contributed by atoms with Crippen LogP contribution in [-0.2, 0) is 10.8 Å². The van der Waals surface area contributed by atoms with E-state index in [-0.39, 0.29) is 5.41 Å². The first kappa shape index (κ1) is 34.4. The quantitative estimate of drug-likeness (QED) is 0.172. The molecule has 10 aromatic rings. The molecule has 0 aromatic heterocycles. The lowest BCUT2D eigenvalue weighted by atomic mass is 9.55. The molecule has 0 heterocycles. The van der Waals surface area contributed by atoms with E-state index in [1.54, 1.807) is 0 Å². The topological polar surface area (TPSA) is 3.24 Å². The lowest BCUT2D eigenvalue weighted by Gasteiger charge is -2.46. The number of hydrogen-bond donors (Lipinski definition) is 0. The van der Waals surface area contributed by atoms with Gasteiger partial charge in [0.1, 0.15) is 0 Å². The van der Waals surface area contributed by atoms with Crippen molar-refractivity contribution in [2.45, 2.75) is 24.7 Å².